The third-order valence-corrected chi connectivity index (χ3v) is 5.14. The van der Waals surface area contributed by atoms with Crippen molar-refractivity contribution in [2.24, 2.45) is 0 Å². The quantitative estimate of drug-likeness (QED) is 0.417. The van der Waals surface area contributed by atoms with Crippen LogP contribution in [0.4, 0.5) is 5.69 Å². The highest BCUT2D eigenvalue weighted by Gasteiger charge is 2.23. The summed E-state index contributed by atoms with van der Waals surface area (Å²) in [7, 11) is 0. The van der Waals surface area contributed by atoms with E-state index < -0.39 is 11.9 Å². The maximum absolute atomic E-state index is 13.1. The molecule has 4 rings (SSSR count). The molecular formula is C24H17ClN2O5. The molecule has 0 unspecified atom stereocenters. The van der Waals surface area contributed by atoms with E-state index in [9.17, 15) is 19.8 Å². The van der Waals surface area contributed by atoms with Crippen molar-refractivity contribution in [3.63, 3.8) is 0 Å². The maximum atomic E-state index is 13.1. The van der Waals surface area contributed by atoms with Gasteiger partial charge in [0.25, 0.3) is 5.91 Å². The minimum atomic E-state index is -1.30. The number of anilines is 1. The number of halogens is 1. The molecule has 0 aliphatic heterocycles. The number of carboxylic acids is 1. The van der Waals surface area contributed by atoms with Crippen LogP contribution in [0, 0.1) is 0 Å². The summed E-state index contributed by atoms with van der Waals surface area (Å²) in [5, 5.41) is 23.4. The molecule has 8 heteroatoms. The number of nitrogens with zero attached hydrogens (tertiary/aromatic N) is 2. The van der Waals surface area contributed by atoms with Crippen LogP contribution in [-0.4, -0.2) is 27.2 Å². The minimum absolute atomic E-state index is 0.00716. The Morgan fingerprint density at radius 1 is 0.938 bits per heavy atom. The SMILES string of the molecule is O=C(O)c1cc(N(Cc2ccc(-c3ccc(Cl)cc3)cc2)C(=O)c2ccno2)ccc1O. The molecule has 1 heterocycles. The molecule has 1 amide bonds. The predicted octanol–water partition coefficient (Wildman–Crippen LogP) is 5.25. The molecule has 0 atom stereocenters. The van der Waals surface area contributed by atoms with E-state index in [-0.39, 0.29) is 23.6 Å². The fraction of sp³-hybridized carbons (Fsp3) is 0.0417. The molecule has 3 aromatic carbocycles. The number of carboxylic acid groups (broad SMARTS) is 1. The molecule has 0 spiro atoms. The van der Waals surface area contributed by atoms with E-state index in [4.69, 9.17) is 16.1 Å². The van der Waals surface area contributed by atoms with Crippen LogP contribution in [-0.2, 0) is 6.54 Å². The lowest BCUT2D eigenvalue weighted by molar-refractivity contribution is 0.0693. The Hall–Kier alpha value is -4.10. The van der Waals surface area contributed by atoms with Gasteiger partial charge in [0, 0.05) is 16.8 Å². The summed E-state index contributed by atoms with van der Waals surface area (Å²) in [4.78, 5) is 25.9. The van der Waals surface area contributed by atoms with Gasteiger partial charge in [-0.15, -0.1) is 0 Å². The van der Waals surface area contributed by atoms with E-state index in [1.54, 1.807) is 0 Å². The van der Waals surface area contributed by atoms with Gasteiger partial charge in [-0.25, -0.2) is 4.79 Å². The summed E-state index contributed by atoms with van der Waals surface area (Å²) in [5.74, 6) is -2.18. The van der Waals surface area contributed by atoms with Crippen molar-refractivity contribution in [3.05, 3.63) is 101 Å². The number of carbonyl (C=O) groups excluding carboxylic acids is 1. The molecule has 32 heavy (non-hydrogen) atoms. The summed E-state index contributed by atoms with van der Waals surface area (Å²) < 4.78 is 5.01. The van der Waals surface area contributed by atoms with Gasteiger partial charge in [-0.2, -0.15) is 0 Å². The van der Waals surface area contributed by atoms with E-state index >= 15 is 0 Å². The fourth-order valence-corrected chi connectivity index (χ4v) is 3.36. The van der Waals surface area contributed by atoms with Gasteiger partial charge in [0.15, 0.2) is 0 Å². The number of aromatic nitrogens is 1. The highest BCUT2D eigenvalue weighted by molar-refractivity contribution is 6.30. The van der Waals surface area contributed by atoms with Crippen molar-refractivity contribution < 1.29 is 24.3 Å². The number of benzene rings is 3. The monoisotopic (exact) mass is 448 g/mol. The number of hydrogen-bond donors (Lipinski definition) is 2. The number of phenols is 1. The number of rotatable bonds is 6. The van der Waals surface area contributed by atoms with E-state index in [0.717, 1.165) is 16.7 Å². The van der Waals surface area contributed by atoms with Gasteiger partial charge in [0.2, 0.25) is 5.76 Å². The lowest BCUT2D eigenvalue weighted by Crippen LogP contribution is -2.30. The zero-order valence-electron chi connectivity index (χ0n) is 16.6. The first-order valence-corrected chi connectivity index (χ1v) is 9.94. The average Bonchev–Trinajstić information content (AvgIpc) is 3.33. The van der Waals surface area contributed by atoms with Crippen molar-refractivity contribution in [1.82, 2.24) is 5.16 Å². The molecule has 0 bridgehead atoms. The summed E-state index contributed by atoms with van der Waals surface area (Å²) in [6, 6.07) is 20.5. The van der Waals surface area contributed by atoms with Crippen LogP contribution in [0.1, 0.15) is 26.5 Å². The first-order chi connectivity index (χ1) is 15.4. The van der Waals surface area contributed by atoms with Crippen LogP contribution in [0.3, 0.4) is 0 Å². The van der Waals surface area contributed by atoms with Gasteiger partial charge in [-0.3, -0.25) is 4.79 Å². The lowest BCUT2D eigenvalue weighted by Gasteiger charge is -2.22. The third-order valence-electron chi connectivity index (χ3n) is 4.89. The van der Waals surface area contributed by atoms with Gasteiger partial charge in [-0.1, -0.05) is 53.2 Å². The van der Waals surface area contributed by atoms with E-state index in [2.05, 4.69) is 5.16 Å². The predicted molar refractivity (Wildman–Crippen MR) is 119 cm³/mol. The molecule has 0 saturated heterocycles. The topological polar surface area (TPSA) is 104 Å². The van der Waals surface area contributed by atoms with Gasteiger partial charge in [0.1, 0.15) is 11.3 Å². The van der Waals surface area contributed by atoms with Crippen molar-refractivity contribution in [1.29, 1.82) is 0 Å². The van der Waals surface area contributed by atoms with Gasteiger partial charge in [-0.05, 0) is 47.0 Å². The molecule has 2 N–H and O–H groups in total. The molecule has 0 fully saturated rings. The van der Waals surface area contributed by atoms with Crippen LogP contribution >= 0.6 is 11.6 Å². The summed E-state index contributed by atoms with van der Waals surface area (Å²) >= 11 is 5.95. The second-order valence-corrected chi connectivity index (χ2v) is 7.41. The minimum Gasteiger partial charge on any atom is -0.507 e. The smallest absolute Gasteiger partial charge is 0.339 e. The Labute approximate surface area is 188 Å². The second kappa shape index (κ2) is 8.95. The third kappa shape index (κ3) is 4.48. The van der Waals surface area contributed by atoms with Crippen LogP contribution in [0.15, 0.2) is 83.5 Å². The number of aromatic hydroxyl groups is 1. The van der Waals surface area contributed by atoms with Crippen molar-refractivity contribution in [2.45, 2.75) is 6.54 Å². The Morgan fingerprint density at radius 2 is 1.59 bits per heavy atom. The molecule has 7 nitrogen and oxygen atoms in total. The fourth-order valence-electron chi connectivity index (χ4n) is 3.23. The highest BCUT2D eigenvalue weighted by Crippen LogP contribution is 2.28. The van der Waals surface area contributed by atoms with E-state index in [0.29, 0.717) is 10.7 Å². The Kier molecular flexibility index (Phi) is 5.91. The molecule has 0 radical (unpaired) electrons. The first-order valence-electron chi connectivity index (χ1n) is 9.56. The van der Waals surface area contributed by atoms with Crippen molar-refractivity contribution >= 4 is 29.2 Å². The van der Waals surface area contributed by atoms with E-state index in [1.807, 2.05) is 48.5 Å². The van der Waals surface area contributed by atoms with Crippen LogP contribution in [0.25, 0.3) is 11.1 Å². The molecular weight excluding hydrogens is 432 g/mol. The zero-order chi connectivity index (χ0) is 22.7. The second-order valence-electron chi connectivity index (χ2n) is 6.98. The zero-order valence-corrected chi connectivity index (χ0v) is 17.4. The number of hydrogen-bond acceptors (Lipinski definition) is 5. The van der Waals surface area contributed by atoms with Crippen LogP contribution in [0.2, 0.25) is 5.02 Å². The normalized spacial score (nSPS) is 10.7. The molecule has 1 aromatic heterocycles. The van der Waals surface area contributed by atoms with Crippen LogP contribution in [0.5, 0.6) is 5.75 Å². The Bertz CT molecular complexity index is 1250. The molecule has 0 aliphatic rings. The molecule has 160 valence electrons. The first kappa shape index (κ1) is 21.1. The Balaban J connectivity index is 1.66. The van der Waals surface area contributed by atoms with Gasteiger partial charge >= 0.3 is 5.97 Å². The lowest BCUT2D eigenvalue weighted by atomic mass is 10.0. The summed E-state index contributed by atoms with van der Waals surface area (Å²) in [6.07, 6.45) is 1.35. The van der Waals surface area contributed by atoms with Gasteiger partial charge in [0.05, 0.1) is 12.7 Å². The number of amides is 1. The standard InChI is InChI=1S/C24H17ClN2O5/c25-18-7-5-17(6-8-18)16-3-1-15(2-4-16)14-27(23(29)22-11-12-26-32-22)19-9-10-21(28)20(13-19)24(30)31/h1-13,28H,14H2,(H,30,31). The summed E-state index contributed by atoms with van der Waals surface area (Å²) in [6.45, 7) is 0.143. The molecule has 0 aliphatic carbocycles. The van der Waals surface area contributed by atoms with Crippen LogP contribution < -0.4 is 4.90 Å². The largest absolute Gasteiger partial charge is 0.507 e. The number of carbonyl (C=O) groups is 2. The van der Waals surface area contributed by atoms with Gasteiger partial charge < -0.3 is 19.6 Å². The van der Waals surface area contributed by atoms with Crippen molar-refractivity contribution in [2.75, 3.05) is 4.90 Å². The summed E-state index contributed by atoms with van der Waals surface area (Å²) in [5.41, 5.74) is 2.77. The molecule has 4 aromatic rings. The average molecular weight is 449 g/mol. The van der Waals surface area contributed by atoms with Crippen molar-refractivity contribution in [3.8, 4) is 16.9 Å². The number of aromatic carboxylic acids is 1. The highest BCUT2D eigenvalue weighted by atomic mass is 35.5. The molecule has 0 saturated carbocycles. The Morgan fingerprint density at radius 3 is 2.19 bits per heavy atom. The maximum Gasteiger partial charge on any atom is 0.339 e. The van der Waals surface area contributed by atoms with E-state index in [1.165, 1.54) is 35.4 Å².